The molecule has 1 aromatic rings. The summed E-state index contributed by atoms with van der Waals surface area (Å²) in [6.45, 7) is 2.17. The molecule has 1 heterocycles. The molecule has 1 N–H and O–H groups in total. The summed E-state index contributed by atoms with van der Waals surface area (Å²) in [4.78, 5) is 15.2. The molecular formula is C12H10ClF3N2O. The summed E-state index contributed by atoms with van der Waals surface area (Å²) in [5.41, 5.74) is -2.84. The number of anilines is 1. The van der Waals surface area contributed by atoms with Crippen molar-refractivity contribution in [3.63, 3.8) is 0 Å². The van der Waals surface area contributed by atoms with Crippen molar-refractivity contribution in [3.05, 3.63) is 28.8 Å². The van der Waals surface area contributed by atoms with E-state index in [0.29, 0.717) is 0 Å². The number of hydrogen-bond donors (Lipinski definition) is 1. The third kappa shape index (κ3) is 2.20. The molecule has 1 aliphatic heterocycles. The summed E-state index contributed by atoms with van der Waals surface area (Å²) in [6, 6.07) is 3.93. The predicted octanol–water partition coefficient (Wildman–Crippen LogP) is 3.53. The second kappa shape index (κ2) is 4.23. The number of amides is 1. The molecule has 0 aliphatic carbocycles. The maximum atomic E-state index is 13.3. The Bertz CT molecular complexity index is 583. The molecule has 3 nitrogen and oxygen atoms in total. The lowest BCUT2D eigenvalue weighted by Gasteiger charge is -2.29. The maximum Gasteiger partial charge on any atom is 0.417 e. The molecule has 0 spiro atoms. The van der Waals surface area contributed by atoms with Crippen molar-refractivity contribution in [2.45, 2.75) is 25.6 Å². The quantitative estimate of drug-likeness (QED) is 0.780. The molecule has 102 valence electrons. The highest BCUT2D eigenvalue weighted by molar-refractivity contribution is 6.42. The molecule has 1 atom stereocenters. The van der Waals surface area contributed by atoms with Crippen molar-refractivity contribution < 1.29 is 18.0 Å². The Morgan fingerprint density at radius 2 is 2.00 bits per heavy atom. The second-order valence-corrected chi connectivity index (χ2v) is 4.85. The minimum atomic E-state index is -4.64. The fraction of sp³-hybridized carbons (Fsp3) is 0.333. The number of rotatable bonds is 0. The minimum Gasteiger partial charge on any atom is -0.321 e. The zero-order chi connectivity index (χ0) is 14.4. The topological polar surface area (TPSA) is 41.5 Å². The van der Waals surface area contributed by atoms with Gasteiger partial charge in [-0.15, -0.1) is 0 Å². The van der Waals surface area contributed by atoms with Gasteiger partial charge in [0, 0.05) is 16.3 Å². The van der Waals surface area contributed by atoms with E-state index in [1.165, 1.54) is 25.1 Å². The van der Waals surface area contributed by atoms with Gasteiger partial charge in [0.05, 0.1) is 5.71 Å². The van der Waals surface area contributed by atoms with E-state index in [1.54, 1.807) is 0 Å². The number of aliphatic imine (C=N–C) groups is 1. The zero-order valence-electron chi connectivity index (χ0n) is 10.1. The fourth-order valence-electron chi connectivity index (χ4n) is 1.90. The van der Waals surface area contributed by atoms with Crippen LogP contribution >= 0.6 is 11.6 Å². The van der Waals surface area contributed by atoms with Crippen LogP contribution in [0.15, 0.2) is 23.2 Å². The molecule has 2 rings (SSSR count). The van der Waals surface area contributed by atoms with Crippen molar-refractivity contribution >= 4 is 28.9 Å². The molecule has 0 bridgehead atoms. The number of nitrogens with zero attached hydrogens (tertiary/aromatic N) is 1. The molecule has 0 saturated carbocycles. The molecule has 19 heavy (non-hydrogen) atoms. The van der Waals surface area contributed by atoms with Crippen molar-refractivity contribution in [3.8, 4) is 0 Å². The normalized spacial score (nSPS) is 23.3. The Kier molecular flexibility index (Phi) is 3.09. The Balaban J connectivity index is 2.78. The lowest BCUT2D eigenvalue weighted by molar-refractivity contribution is -0.182. The van der Waals surface area contributed by atoms with Gasteiger partial charge in [0.25, 0.3) is 5.91 Å². The molecule has 1 aromatic carbocycles. The van der Waals surface area contributed by atoms with Gasteiger partial charge in [0.2, 0.25) is 0 Å². The fourth-order valence-corrected chi connectivity index (χ4v) is 2.08. The van der Waals surface area contributed by atoms with E-state index < -0.39 is 17.6 Å². The summed E-state index contributed by atoms with van der Waals surface area (Å²) in [7, 11) is 0. The molecule has 1 amide bonds. The molecule has 0 radical (unpaired) electrons. The number of alkyl halides is 3. The van der Waals surface area contributed by atoms with Gasteiger partial charge in [-0.1, -0.05) is 11.6 Å². The molecule has 0 aromatic heterocycles. The van der Waals surface area contributed by atoms with Crippen molar-refractivity contribution in [2.75, 3.05) is 5.32 Å². The first-order chi connectivity index (χ1) is 8.65. The van der Waals surface area contributed by atoms with E-state index in [2.05, 4.69) is 10.3 Å². The third-order valence-corrected chi connectivity index (χ3v) is 3.26. The first-order valence-corrected chi connectivity index (χ1v) is 5.77. The van der Waals surface area contributed by atoms with Crippen LogP contribution in [0.4, 0.5) is 18.9 Å². The smallest absolute Gasteiger partial charge is 0.321 e. The lowest BCUT2D eigenvalue weighted by atomic mass is 9.90. The average Bonchev–Trinajstić information content (AvgIpc) is 2.37. The number of carbonyl (C=O) groups excluding carboxylic acids is 1. The van der Waals surface area contributed by atoms with E-state index in [4.69, 9.17) is 11.6 Å². The average molecular weight is 291 g/mol. The van der Waals surface area contributed by atoms with Gasteiger partial charge < -0.3 is 5.32 Å². The van der Waals surface area contributed by atoms with Gasteiger partial charge in [-0.25, -0.2) is 0 Å². The van der Waals surface area contributed by atoms with Crippen LogP contribution in [0.3, 0.4) is 0 Å². The lowest BCUT2D eigenvalue weighted by Crippen LogP contribution is -2.38. The van der Waals surface area contributed by atoms with Gasteiger partial charge in [-0.3, -0.25) is 9.79 Å². The summed E-state index contributed by atoms with van der Waals surface area (Å²) in [5, 5.41) is 2.55. The second-order valence-electron chi connectivity index (χ2n) is 4.41. The van der Waals surface area contributed by atoms with Crippen LogP contribution in [0.2, 0.25) is 5.02 Å². The standard InChI is InChI=1S/C12H10ClF3N2O/c1-6-10(19)17-9-4-3-7(13)5-8(9)11(2,18-6)12(14,15)16/h3-5H,1-2H3,(H,17,19). The molecule has 1 aliphatic rings. The number of hydrogen-bond acceptors (Lipinski definition) is 2. The highest BCUT2D eigenvalue weighted by Gasteiger charge is 2.54. The third-order valence-electron chi connectivity index (χ3n) is 3.03. The van der Waals surface area contributed by atoms with Crippen molar-refractivity contribution in [1.29, 1.82) is 0 Å². The van der Waals surface area contributed by atoms with E-state index in [-0.39, 0.29) is 22.0 Å². The van der Waals surface area contributed by atoms with E-state index in [9.17, 15) is 18.0 Å². The Morgan fingerprint density at radius 1 is 1.37 bits per heavy atom. The van der Waals surface area contributed by atoms with E-state index in [1.807, 2.05) is 0 Å². The Labute approximate surface area is 112 Å². The first-order valence-electron chi connectivity index (χ1n) is 5.40. The van der Waals surface area contributed by atoms with E-state index >= 15 is 0 Å². The Morgan fingerprint density at radius 3 is 2.58 bits per heavy atom. The molecule has 0 saturated heterocycles. The minimum absolute atomic E-state index is 0.0647. The van der Waals surface area contributed by atoms with Gasteiger partial charge in [-0.2, -0.15) is 13.2 Å². The predicted molar refractivity (Wildman–Crippen MR) is 66.6 cm³/mol. The largest absolute Gasteiger partial charge is 0.417 e. The zero-order valence-corrected chi connectivity index (χ0v) is 10.9. The molecule has 0 fully saturated rings. The number of nitrogens with one attached hydrogen (secondary N) is 1. The maximum absolute atomic E-state index is 13.3. The number of carbonyl (C=O) groups is 1. The number of halogens is 4. The monoisotopic (exact) mass is 290 g/mol. The SMILES string of the molecule is CC1=NC(C)(C(F)(F)F)c2cc(Cl)ccc2NC1=O. The summed E-state index contributed by atoms with van der Waals surface area (Å²) in [6.07, 6.45) is -4.64. The summed E-state index contributed by atoms with van der Waals surface area (Å²) < 4.78 is 40.0. The number of fused-ring (bicyclic) bond motifs is 1. The van der Waals surface area contributed by atoms with Gasteiger partial charge in [0.1, 0.15) is 0 Å². The van der Waals surface area contributed by atoms with Crippen LogP contribution < -0.4 is 5.32 Å². The van der Waals surface area contributed by atoms with E-state index in [0.717, 1.165) is 6.92 Å². The van der Waals surface area contributed by atoms with Gasteiger partial charge in [0.15, 0.2) is 5.54 Å². The van der Waals surface area contributed by atoms with Crippen LogP contribution in [0, 0.1) is 0 Å². The highest BCUT2D eigenvalue weighted by atomic mass is 35.5. The summed E-state index contributed by atoms with van der Waals surface area (Å²) in [5.74, 6) is -0.656. The summed E-state index contributed by atoms with van der Waals surface area (Å²) >= 11 is 5.75. The van der Waals surface area contributed by atoms with Crippen molar-refractivity contribution in [2.24, 2.45) is 4.99 Å². The molecule has 1 unspecified atom stereocenters. The highest BCUT2D eigenvalue weighted by Crippen LogP contribution is 2.46. The van der Waals surface area contributed by atoms with Crippen LogP contribution in [0.25, 0.3) is 0 Å². The molecular weight excluding hydrogens is 281 g/mol. The van der Waals surface area contributed by atoms with Crippen LogP contribution in [0.5, 0.6) is 0 Å². The van der Waals surface area contributed by atoms with Gasteiger partial charge >= 0.3 is 6.18 Å². The van der Waals surface area contributed by atoms with Crippen LogP contribution in [-0.4, -0.2) is 17.8 Å². The van der Waals surface area contributed by atoms with Gasteiger partial charge in [-0.05, 0) is 32.0 Å². The molecule has 7 heteroatoms. The Hall–Kier alpha value is -1.56. The van der Waals surface area contributed by atoms with Crippen molar-refractivity contribution in [1.82, 2.24) is 0 Å². The number of benzene rings is 1. The van der Waals surface area contributed by atoms with Crippen LogP contribution in [0.1, 0.15) is 19.4 Å². The van der Waals surface area contributed by atoms with Crippen LogP contribution in [-0.2, 0) is 10.3 Å². The first kappa shape index (κ1) is 13.9.